The van der Waals surface area contributed by atoms with E-state index in [1.807, 2.05) is 0 Å². The fourth-order valence-corrected chi connectivity index (χ4v) is 2.54. The number of aliphatic hydroxyl groups excluding tert-OH is 1. The normalized spacial score (nSPS) is 21.5. The molecule has 1 aliphatic carbocycles. The molecule has 0 radical (unpaired) electrons. The minimum absolute atomic E-state index is 0.0724. The molecule has 0 heterocycles. The van der Waals surface area contributed by atoms with Crippen molar-refractivity contribution in [1.82, 2.24) is 5.32 Å². The standard InChI is InChI=1S/C15H19F2NO3/c16-15(17)21-12-6-4-10(5-7-12)8-14(20)18-9-11-2-1-3-13(11)19/h4-7,11,13,15,19H,1-3,8-9H2,(H,18,20). The predicted molar refractivity (Wildman–Crippen MR) is 73.1 cm³/mol. The topological polar surface area (TPSA) is 58.6 Å². The van der Waals surface area contributed by atoms with E-state index in [1.54, 1.807) is 12.1 Å². The number of carbonyl (C=O) groups is 1. The molecule has 21 heavy (non-hydrogen) atoms. The Labute approximate surface area is 122 Å². The van der Waals surface area contributed by atoms with Crippen molar-refractivity contribution >= 4 is 5.91 Å². The highest BCUT2D eigenvalue weighted by Gasteiger charge is 2.25. The number of benzene rings is 1. The minimum atomic E-state index is -2.85. The number of alkyl halides is 2. The van der Waals surface area contributed by atoms with Gasteiger partial charge in [0, 0.05) is 12.5 Å². The molecule has 0 spiro atoms. The largest absolute Gasteiger partial charge is 0.435 e. The summed E-state index contributed by atoms with van der Waals surface area (Å²) < 4.78 is 28.2. The van der Waals surface area contributed by atoms with Crippen molar-refractivity contribution in [1.29, 1.82) is 0 Å². The zero-order valence-corrected chi connectivity index (χ0v) is 11.6. The molecule has 0 aliphatic heterocycles. The maximum atomic E-state index is 12.0. The summed E-state index contributed by atoms with van der Waals surface area (Å²) in [5.74, 6) is 0.0654. The van der Waals surface area contributed by atoms with Gasteiger partial charge in [0.15, 0.2) is 0 Å². The van der Waals surface area contributed by atoms with Crippen LogP contribution in [0.25, 0.3) is 0 Å². The van der Waals surface area contributed by atoms with Crippen molar-refractivity contribution in [3.63, 3.8) is 0 Å². The van der Waals surface area contributed by atoms with Gasteiger partial charge >= 0.3 is 6.61 Å². The Bertz CT molecular complexity index is 464. The number of hydrogen-bond acceptors (Lipinski definition) is 3. The molecule has 1 amide bonds. The van der Waals surface area contributed by atoms with E-state index < -0.39 is 6.61 Å². The van der Waals surface area contributed by atoms with E-state index in [0.29, 0.717) is 6.54 Å². The van der Waals surface area contributed by atoms with Gasteiger partial charge < -0.3 is 15.2 Å². The summed E-state index contributed by atoms with van der Waals surface area (Å²) in [4.78, 5) is 11.8. The molecule has 2 atom stereocenters. The fraction of sp³-hybridized carbons (Fsp3) is 0.533. The number of aliphatic hydroxyl groups is 1. The molecule has 0 aromatic heterocycles. The number of ether oxygens (including phenoxy) is 1. The molecule has 6 heteroatoms. The number of halogens is 2. The highest BCUT2D eigenvalue weighted by molar-refractivity contribution is 5.78. The van der Waals surface area contributed by atoms with Crippen LogP contribution in [-0.4, -0.2) is 30.3 Å². The van der Waals surface area contributed by atoms with Gasteiger partial charge in [-0.3, -0.25) is 4.79 Å². The van der Waals surface area contributed by atoms with Crippen molar-refractivity contribution in [2.24, 2.45) is 5.92 Å². The average Bonchev–Trinajstić information content (AvgIpc) is 2.84. The third-order valence-corrected chi connectivity index (χ3v) is 3.69. The van der Waals surface area contributed by atoms with Gasteiger partial charge in [-0.05, 0) is 30.5 Å². The first-order valence-electron chi connectivity index (χ1n) is 7.03. The van der Waals surface area contributed by atoms with E-state index in [4.69, 9.17) is 0 Å². The van der Waals surface area contributed by atoms with Gasteiger partial charge in [-0.2, -0.15) is 8.78 Å². The molecule has 1 fully saturated rings. The number of hydrogen-bond donors (Lipinski definition) is 2. The van der Waals surface area contributed by atoms with Gasteiger partial charge in [0.05, 0.1) is 12.5 Å². The van der Waals surface area contributed by atoms with Gasteiger partial charge in [-0.15, -0.1) is 0 Å². The molecule has 2 unspecified atom stereocenters. The van der Waals surface area contributed by atoms with Gasteiger partial charge in [-0.25, -0.2) is 0 Å². The van der Waals surface area contributed by atoms with E-state index in [1.165, 1.54) is 12.1 Å². The quantitative estimate of drug-likeness (QED) is 0.846. The van der Waals surface area contributed by atoms with Crippen LogP contribution in [0.15, 0.2) is 24.3 Å². The molecule has 1 saturated carbocycles. The summed E-state index contributed by atoms with van der Waals surface area (Å²) in [5, 5.41) is 12.5. The van der Waals surface area contributed by atoms with Crippen molar-refractivity contribution in [3.05, 3.63) is 29.8 Å². The molecule has 1 aliphatic rings. The molecule has 116 valence electrons. The summed E-state index contributed by atoms with van der Waals surface area (Å²) in [6, 6.07) is 5.99. The van der Waals surface area contributed by atoms with Gasteiger partial charge in [0.25, 0.3) is 0 Å². The van der Waals surface area contributed by atoms with Crippen LogP contribution in [0.3, 0.4) is 0 Å². The minimum Gasteiger partial charge on any atom is -0.435 e. The van der Waals surface area contributed by atoms with Gasteiger partial charge in [0.2, 0.25) is 5.91 Å². The second-order valence-corrected chi connectivity index (χ2v) is 5.26. The molecular formula is C15H19F2NO3. The summed E-state index contributed by atoms with van der Waals surface area (Å²) in [6.45, 7) is -2.37. The van der Waals surface area contributed by atoms with Crippen LogP contribution >= 0.6 is 0 Å². The van der Waals surface area contributed by atoms with Crippen LogP contribution in [0.5, 0.6) is 5.75 Å². The van der Waals surface area contributed by atoms with E-state index in [0.717, 1.165) is 24.8 Å². The molecule has 1 aromatic rings. The molecular weight excluding hydrogens is 280 g/mol. The Hall–Kier alpha value is -1.69. The SMILES string of the molecule is O=C(Cc1ccc(OC(F)F)cc1)NCC1CCCC1O. The maximum absolute atomic E-state index is 12.0. The lowest BCUT2D eigenvalue weighted by molar-refractivity contribution is -0.120. The maximum Gasteiger partial charge on any atom is 0.387 e. The monoisotopic (exact) mass is 299 g/mol. The van der Waals surface area contributed by atoms with Crippen molar-refractivity contribution < 1.29 is 23.4 Å². The Morgan fingerprint density at radius 1 is 1.33 bits per heavy atom. The molecule has 0 saturated heterocycles. The van der Waals surface area contributed by atoms with Crippen LogP contribution in [0.1, 0.15) is 24.8 Å². The number of nitrogens with one attached hydrogen (secondary N) is 1. The highest BCUT2D eigenvalue weighted by Crippen LogP contribution is 2.24. The van der Waals surface area contributed by atoms with Crippen LogP contribution in [-0.2, 0) is 11.2 Å². The zero-order chi connectivity index (χ0) is 15.2. The Kier molecular flexibility index (Phi) is 5.50. The van der Waals surface area contributed by atoms with Crippen molar-refractivity contribution in [2.45, 2.75) is 38.4 Å². The Balaban J connectivity index is 1.77. The summed E-state index contributed by atoms with van der Waals surface area (Å²) in [6.07, 6.45) is 2.58. The molecule has 2 rings (SSSR count). The summed E-state index contributed by atoms with van der Waals surface area (Å²) >= 11 is 0. The third-order valence-electron chi connectivity index (χ3n) is 3.69. The van der Waals surface area contributed by atoms with E-state index in [-0.39, 0.29) is 30.1 Å². The average molecular weight is 299 g/mol. The second-order valence-electron chi connectivity index (χ2n) is 5.26. The Morgan fingerprint density at radius 2 is 2.05 bits per heavy atom. The Morgan fingerprint density at radius 3 is 2.62 bits per heavy atom. The van der Waals surface area contributed by atoms with Crippen LogP contribution < -0.4 is 10.1 Å². The predicted octanol–water partition coefficient (Wildman–Crippen LogP) is 2.11. The van der Waals surface area contributed by atoms with Crippen LogP contribution in [0.4, 0.5) is 8.78 Å². The van der Waals surface area contributed by atoms with Gasteiger partial charge in [-0.1, -0.05) is 18.6 Å². The summed E-state index contributed by atoms with van der Waals surface area (Å²) in [7, 11) is 0. The number of rotatable bonds is 6. The van der Waals surface area contributed by atoms with Crippen LogP contribution in [0, 0.1) is 5.92 Å². The van der Waals surface area contributed by atoms with Crippen LogP contribution in [0.2, 0.25) is 0 Å². The zero-order valence-electron chi connectivity index (χ0n) is 11.6. The number of carbonyl (C=O) groups excluding carboxylic acids is 1. The molecule has 4 nitrogen and oxygen atoms in total. The molecule has 0 bridgehead atoms. The van der Waals surface area contributed by atoms with E-state index >= 15 is 0 Å². The van der Waals surface area contributed by atoms with Gasteiger partial charge in [0.1, 0.15) is 5.75 Å². The third kappa shape index (κ3) is 4.97. The lowest BCUT2D eigenvalue weighted by Gasteiger charge is -2.15. The van der Waals surface area contributed by atoms with Crippen molar-refractivity contribution in [2.75, 3.05) is 6.54 Å². The highest BCUT2D eigenvalue weighted by atomic mass is 19.3. The lowest BCUT2D eigenvalue weighted by Crippen LogP contribution is -2.33. The summed E-state index contributed by atoms with van der Waals surface area (Å²) in [5.41, 5.74) is 0.723. The molecule has 2 N–H and O–H groups in total. The second kappa shape index (κ2) is 7.36. The number of amides is 1. The van der Waals surface area contributed by atoms with Crippen molar-refractivity contribution in [3.8, 4) is 5.75 Å². The first-order valence-corrected chi connectivity index (χ1v) is 7.03. The first-order chi connectivity index (χ1) is 10.0. The molecule has 1 aromatic carbocycles. The fourth-order valence-electron chi connectivity index (χ4n) is 2.54. The lowest BCUT2D eigenvalue weighted by atomic mass is 10.1. The van der Waals surface area contributed by atoms with E-state index in [2.05, 4.69) is 10.1 Å². The smallest absolute Gasteiger partial charge is 0.387 e. The first kappa shape index (κ1) is 15.7. The van der Waals surface area contributed by atoms with E-state index in [9.17, 15) is 18.7 Å².